The predicted molar refractivity (Wildman–Crippen MR) is 118 cm³/mol. The minimum Gasteiger partial charge on any atom is -0.307 e. The third-order valence-electron chi connectivity index (χ3n) is 4.81. The minimum absolute atomic E-state index is 0. The van der Waals surface area contributed by atoms with Crippen LogP contribution in [0.1, 0.15) is 37.8 Å². The Morgan fingerprint density at radius 1 is 0.966 bits per heavy atom. The first kappa shape index (κ1) is 27.2. The maximum Gasteiger partial charge on any atom is 0.394 e. The van der Waals surface area contributed by atoms with E-state index in [2.05, 4.69) is 50.2 Å². The van der Waals surface area contributed by atoms with E-state index < -0.39 is 15.8 Å². The van der Waals surface area contributed by atoms with Crippen LogP contribution in [-0.4, -0.2) is 48.3 Å². The molecule has 0 amide bonds. The van der Waals surface area contributed by atoms with Gasteiger partial charge in [-0.2, -0.15) is 8.42 Å². The lowest BCUT2D eigenvalue weighted by Gasteiger charge is -2.37. The molecule has 29 heavy (non-hydrogen) atoms. The summed E-state index contributed by atoms with van der Waals surface area (Å²) in [6, 6.07) is 20.7. The number of carbonyl (C=O) groups excluding carboxylic acids is 1. The molecule has 6 nitrogen and oxygen atoms in total. The lowest BCUT2D eigenvalue weighted by Crippen LogP contribution is -2.42. The van der Waals surface area contributed by atoms with Gasteiger partial charge in [-0.1, -0.05) is 67.6 Å². The molecule has 0 fully saturated rings. The first-order valence-corrected chi connectivity index (χ1v) is 10.4. The van der Waals surface area contributed by atoms with Gasteiger partial charge in [-0.25, -0.2) is 0 Å². The quantitative estimate of drug-likeness (QED) is 0.626. The second kappa shape index (κ2) is 12.0. The molecule has 0 heterocycles. The van der Waals surface area contributed by atoms with Crippen molar-refractivity contribution in [2.24, 2.45) is 0 Å². The molecule has 2 rings (SSSR count). The summed E-state index contributed by atoms with van der Waals surface area (Å²) in [5, 5.41) is 0. The van der Waals surface area contributed by atoms with Crippen LogP contribution in [0.3, 0.4) is 0 Å². The van der Waals surface area contributed by atoms with Gasteiger partial charge in [0.25, 0.3) is 0 Å². The second-order valence-electron chi connectivity index (χ2n) is 6.88. The van der Waals surface area contributed by atoms with Crippen LogP contribution in [0.2, 0.25) is 0 Å². The standard InChI is InChI=1S/C21H27NO.ClH.H2O4S/c1-5-20(23)21(16-17(2)22(3)4,18-12-8-6-9-13-18)19-14-10-7-11-15-19;;1-5(2,3)4/h6-15,17H,5,16H2,1-4H3;1H;(H2,1,2,3,4). The van der Waals surface area contributed by atoms with Crippen molar-refractivity contribution in [2.75, 3.05) is 14.1 Å². The van der Waals surface area contributed by atoms with Crippen molar-refractivity contribution in [1.29, 1.82) is 0 Å². The summed E-state index contributed by atoms with van der Waals surface area (Å²) in [5.41, 5.74) is 1.60. The third kappa shape index (κ3) is 8.24. The summed E-state index contributed by atoms with van der Waals surface area (Å²) in [4.78, 5) is 15.4. The molecule has 2 aromatic carbocycles. The molecule has 0 aliphatic rings. The van der Waals surface area contributed by atoms with Gasteiger partial charge in [-0.15, -0.1) is 12.4 Å². The second-order valence-corrected chi connectivity index (χ2v) is 7.77. The van der Waals surface area contributed by atoms with Crippen LogP contribution in [0.4, 0.5) is 0 Å². The van der Waals surface area contributed by atoms with Gasteiger partial charge in [-0.3, -0.25) is 13.9 Å². The Hall–Kier alpha value is -1.77. The van der Waals surface area contributed by atoms with Crippen molar-refractivity contribution in [3.63, 3.8) is 0 Å². The first-order chi connectivity index (χ1) is 13.0. The molecule has 0 spiro atoms. The van der Waals surface area contributed by atoms with Gasteiger partial charge in [0.05, 0.1) is 5.41 Å². The molecule has 0 saturated carbocycles. The molecule has 0 bridgehead atoms. The van der Waals surface area contributed by atoms with E-state index in [1.165, 1.54) is 0 Å². The van der Waals surface area contributed by atoms with Crippen molar-refractivity contribution >= 4 is 28.6 Å². The number of carbonyl (C=O) groups is 1. The highest BCUT2D eigenvalue weighted by Crippen LogP contribution is 2.39. The van der Waals surface area contributed by atoms with Crippen LogP contribution in [0.25, 0.3) is 0 Å². The van der Waals surface area contributed by atoms with Crippen molar-refractivity contribution < 1.29 is 22.3 Å². The Bertz CT molecular complexity index is 794. The van der Waals surface area contributed by atoms with E-state index in [4.69, 9.17) is 17.5 Å². The highest BCUT2D eigenvalue weighted by atomic mass is 35.5. The summed E-state index contributed by atoms with van der Waals surface area (Å²) >= 11 is 0. The fourth-order valence-electron chi connectivity index (χ4n) is 3.21. The molecule has 0 radical (unpaired) electrons. The van der Waals surface area contributed by atoms with Crippen LogP contribution in [0.5, 0.6) is 0 Å². The Kier molecular flexibility index (Phi) is 11.3. The highest BCUT2D eigenvalue weighted by Gasteiger charge is 2.41. The molecule has 0 saturated heterocycles. The Labute approximate surface area is 179 Å². The summed E-state index contributed by atoms with van der Waals surface area (Å²) in [6.45, 7) is 4.15. The number of ketones is 1. The summed E-state index contributed by atoms with van der Waals surface area (Å²) < 4.78 is 31.6. The van der Waals surface area contributed by atoms with Crippen molar-refractivity contribution in [1.82, 2.24) is 4.90 Å². The zero-order valence-electron chi connectivity index (χ0n) is 17.1. The number of halogens is 1. The predicted octanol–water partition coefficient (Wildman–Crippen LogP) is 4.06. The molecular weight excluding hydrogens is 414 g/mol. The zero-order chi connectivity index (χ0) is 21.4. The van der Waals surface area contributed by atoms with E-state index in [0.29, 0.717) is 12.5 Å². The van der Waals surface area contributed by atoms with Gasteiger partial charge in [-0.05, 0) is 38.6 Å². The Balaban J connectivity index is 0.00000117. The SMILES string of the molecule is CCC(=O)C(CC(C)N(C)C)(c1ccccc1)c1ccccc1.Cl.O=S(=O)(O)O. The third-order valence-corrected chi connectivity index (χ3v) is 4.81. The average Bonchev–Trinajstić information content (AvgIpc) is 2.65. The van der Waals surface area contributed by atoms with Crippen LogP contribution < -0.4 is 0 Å². The molecule has 8 heteroatoms. The van der Waals surface area contributed by atoms with Crippen molar-refractivity contribution in [3.05, 3.63) is 71.8 Å². The van der Waals surface area contributed by atoms with E-state index in [1.54, 1.807) is 0 Å². The molecule has 2 N–H and O–H groups in total. The Morgan fingerprint density at radius 2 is 1.31 bits per heavy atom. The van der Waals surface area contributed by atoms with E-state index in [9.17, 15) is 4.79 Å². The molecule has 1 atom stereocenters. The number of rotatable bonds is 7. The Morgan fingerprint density at radius 3 is 1.59 bits per heavy atom. The summed E-state index contributed by atoms with van der Waals surface area (Å²) in [5.74, 6) is 0.281. The lowest BCUT2D eigenvalue weighted by molar-refractivity contribution is -0.123. The molecular formula is C21H30ClNO5S. The monoisotopic (exact) mass is 443 g/mol. The molecule has 0 aliphatic heterocycles. The van der Waals surface area contributed by atoms with Crippen LogP contribution in [0.15, 0.2) is 60.7 Å². The van der Waals surface area contributed by atoms with E-state index in [0.717, 1.165) is 17.5 Å². The molecule has 0 aliphatic carbocycles. The van der Waals surface area contributed by atoms with Crippen LogP contribution in [-0.2, 0) is 20.6 Å². The first-order valence-electron chi connectivity index (χ1n) is 9.03. The molecule has 0 aromatic heterocycles. The molecule has 1 unspecified atom stereocenters. The maximum atomic E-state index is 13.2. The molecule has 162 valence electrons. The van der Waals surface area contributed by atoms with Gasteiger partial charge in [0, 0.05) is 12.5 Å². The number of hydrogen-bond donors (Lipinski definition) is 2. The largest absolute Gasteiger partial charge is 0.394 e. The molecule has 2 aromatic rings. The number of hydrogen-bond acceptors (Lipinski definition) is 4. The van der Waals surface area contributed by atoms with Gasteiger partial charge < -0.3 is 4.90 Å². The van der Waals surface area contributed by atoms with Crippen LogP contribution >= 0.6 is 12.4 Å². The van der Waals surface area contributed by atoms with Crippen LogP contribution in [0, 0.1) is 0 Å². The topological polar surface area (TPSA) is 94.9 Å². The fraction of sp³-hybridized carbons (Fsp3) is 0.381. The van der Waals surface area contributed by atoms with Gasteiger partial charge in [0.1, 0.15) is 5.78 Å². The smallest absolute Gasteiger partial charge is 0.307 e. The highest BCUT2D eigenvalue weighted by molar-refractivity contribution is 7.79. The van der Waals surface area contributed by atoms with Crippen molar-refractivity contribution in [3.8, 4) is 0 Å². The number of benzene rings is 2. The summed E-state index contributed by atoms with van der Waals surface area (Å²) in [7, 11) is -0.524. The van der Waals surface area contributed by atoms with Gasteiger partial charge >= 0.3 is 10.4 Å². The van der Waals surface area contributed by atoms with Gasteiger partial charge in [0.15, 0.2) is 0 Å². The zero-order valence-corrected chi connectivity index (χ0v) is 18.8. The van der Waals surface area contributed by atoms with E-state index in [-0.39, 0.29) is 18.2 Å². The number of nitrogens with zero attached hydrogens (tertiary/aromatic N) is 1. The minimum atomic E-state index is -4.67. The normalized spacial score (nSPS) is 12.4. The van der Waals surface area contributed by atoms with Gasteiger partial charge in [0.2, 0.25) is 0 Å². The summed E-state index contributed by atoms with van der Waals surface area (Å²) in [6.07, 6.45) is 1.31. The van der Waals surface area contributed by atoms with E-state index >= 15 is 0 Å². The van der Waals surface area contributed by atoms with E-state index in [1.807, 2.05) is 43.3 Å². The average molecular weight is 444 g/mol. The van der Waals surface area contributed by atoms with Crippen molar-refractivity contribution in [2.45, 2.75) is 38.1 Å². The maximum absolute atomic E-state index is 13.2. The number of Topliss-reactive ketones (excluding diaryl/α,β-unsaturated/α-hetero) is 1. The fourth-order valence-corrected chi connectivity index (χ4v) is 3.21. The lowest BCUT2D eigenvalue weighted by atomic mass is 9.67.